The zero-order valence-corrected chi connectivity index (χ0v) is 9.38. The van der Waals surface area contributed by atoms with E-state index in [0.29, 0.717) is 3.57 Å². The monoisotopic (exact) mass is 300 g/mol. The van der Waals surface area contributed by atoms with Gasteiger partial charge in [-0.3, -0.25) is 13.9 Å². The van der Waals surface area contributed by atoms with Gasteiger partial charge in [0.05, 0.1) is 0 Å². The number of aromatic nitrogens is 2. The maximum atomic E-state index is 11.2. The summed E-state index contributed by atoms with van der Waals surface area (Å²) in [6.45, 7) is 0. The molecule has 0 radical (unpaired) electrons. The van der Waals surface area contributed by atoms with Gasteiger partial charge in [0.2, 0.25) is 0 Å². The lowest BCUT2D eigenvalue weighted by atomic mass is 10.6. The highest BCUT2D eigenvalue weighted by Crippen LogP contribution is 2.09. The minimum Gasteiger partial charge on any atom is -0.286 e. The van der Waals surface area contributed by atoms with Crippen LogP contribution >= 0.6 is 34.2 Å². The number of halogens is 2. The Morgan fingerprint density at radius 3 is 2.25 bits per heavy atom. The molecule has 0 amide bonds. The zero-order chi connectivity index (χ0) is 9.46. The molecule has 0 aromatic carbocycles. The van der Waals surface area contributed by atoms with E-state index in [2.05, 4.69) is 0 Å². The maximum absolute atomic E-state index is 11.2. The minimum atomic E-state index is -0.412. The van der Waals surface area contributed by atoms with Gasteiger partial charge in [-0.05, 0) is 22.6 Å². The molecule has 66 valence electrons. The first-order chi connectivity index (χ1) is 5.46. The van der Waals surface area contributed by atoms with Gasteiger partial charge >= 0.3 is 5.69 Å². The van der Waals surface area contributed by atoms with Crippen molar-refractivity contribution in [2.45, 2.75) is 0 Å². The van der Waals surface area contributed by atoms with Gasteiger partial charge in [0.1, 0.15) is 8.72 Å². The summed E-state index contributed by atoms with van der Waals surface area (Å²) in [7, 11) is 2.94. The summed E-state index contributed by atoms with van der Waals surface area (Å²) in [5.41, 5.74) is -0.769. The van der Waals surface area contributed by atoms with Gasteiger partial charge < -0.3 is 0 Å². The van der Waals surface area contributed by atoms with Crippen molar-refractivity contribution < 1.29 is 0 Å². The fraction of sp³-hybridized carbons (Fsp3) is 0.333. The summed E-state index contributed by atoms with van der Waals surface area (Å²) in [5, 5.41) is 0.184. The lowest BCUT2D eigenvalue weighted by molar-refractivity contribution is 0.680. The van der Waals surface area contributed by atoms with Crippen molar-refractivity contribution in [3.63, 3.8) is 0 Å². The highest BCUT2D eigenvalue weighted by atomic mass is 127. The Morgan fingerprint density at radius 1 is 1.25 bits per heavy atom. The summed E-state index contributed by atoms with van der Waals surface area (Å²) in [6, 6.07) is 0. The van der Waals surface area contributed by atoms with E-state index in [0.717, 1.165) is 4.57 Å². The number of rotatable bonds is 0. The van der Waals surface area contributed by atoms with Gasteiger partial charge in [0, 0.05) is 14.1 Å². The second-order valence-electron chi connectivity index (χ2n) is 2.31. The molecule has 6 heteroatoms. The highest BCUT2D eigenvalue weighted by molar-refractivity contribution is 14.1. The third-order valence-corrected chi connectivity index (χ3v) is 3.28. The Bertz CT molecular complexity index is 397. The normalized spacial score (nSPS) is 10.3. The molecule has 0 saturated heterocycles. The van der Waals surface area contributed by atoms with Crippen molar-refractivity contribution in [1.29, 1.82) is 0 Å². The molecule has 0 aliphatic heterocycles. The smallest absolute Gasteiger partial charge is 0.286 e. The first-order valence-corrected chi connectivity index (χ1v) is 4.53. The number of hydrogen-bond donors (Lipinski definition) is 0. The van der Waals surface area contributed by atoms with Crippen molar-refractivity contribution in [3.05, 3.63) is 29.6 Å². The van der Waals surface area contributed by atoms with Crippen molar-refractivity contribution >= 4 is 34.2 Å². The second-order valence-corrected chi connectivity index (χ2v) is 3.75. The Kier molecular flexibility index (Phi) is 2.62. The first-order valence-electron chi connectivity index (χ1n) is 3.08. The van der Waals surface area contributed by atoms with E-state index in [-0.39, 0.29) is 10.7 Å². The molecule has 12 heavy (non-hydrogen) atoms. The average Bonchev–Trinajstić information content (AvgIpc) is 2.08. The van der Waals surface area contributed by atoms with Crippen molar-refractivity contribution in [3.8, 4) is 0 Å². The predicted molar refractivity (Wildman–Crippen MR) is 54.7 cm³/mol. The molecule has 0 bridgehead atoms. The van der Waals surface area contributed by atoms with Crippen LogP contribution < -0.4 is 11.2 Å². The van der Waals surface area contributed by atoms with Gasteiger partial charge in [-0.15, -0.1) is 0 Å². The molecule has 0 spiro atoms. The fourth-order valence-corrected chi connectivity index (χ4v) is 1.66. The number of hydrogen-bond acceptors (Lipinski definition) is 2. The van der Waals surface area contributed by atoms with Crippen LogP contribution in [0.1, 0.15) is 0 Å². The highest BCUT2D eigenvalue weighted by Gasteiger charge is 2.09. The molecule has 0 saturated carbocycles. The Labute approximate surface area is 86.9 Å². The van der Waals surface area contributed by atoms with Crippen LogP contribution in [0.5, 0.6) is 0 Å². The predicted octanol–water partition coefficient (Wildman–Crippen LogP) is 0.342. The van der Waals surface area contributed by atoms with Crippen LogP contribution in [0.2, 0.25) is 5.15 Å². The van der Waals surface area contributed by atoms with Crippen LogP contribution in [0.3, 0.4) is 0 Å². The fourth-order valence-electron chi connectivity index (χ4n) is 0.779. The van der Waals surface area contributed by atoms with Crippen molar-refractivity contribution in [2.75, 3.05) is 0 Å². The molecule has 0 N–H and O–H groups in total. The molecule has 1 aromatic rings. The van der Waals surface area contributed by atoms with E-state index in [1.54, 1.807) is 0 Å². The Balaban J connectivity index is 3.86. The van der Waals surface area contributed by atoms with Gasteiger partial charge in [0.25, 0.3) is 5.56 Å². The summed E-state index contributed by atoms with van der Waals surface area (Å²) in [4.78, 5) is 22.4. The number of nitrogens with zero attached hydrogens (tertiary/aromatic N) is 2. The van der Waals surface area contributed by atoms with E-state index in [1.807, 2.05) is 22.6 Å². The zero-order valence-electron chi connectivity index (χ0n) is 6.47. The topological polar surface area (TPSA) is 44.0 Å². The summed E-state index contributed by atoms with van der Waals surface area (Å²) in [6.07, 6.45) is 0. The van der Waals surface area contributed by atoms with Crippen LogP contribution in [0.25, 0.3) is 0 Å². The van der Waals surface area contributed by atoms with Crippen molar-refractivity contribution in [2.24, 2.45) is 14.1 Å². The lowest BCUT2D eigenvalue weighted by Crippen LogP contribution is -2.38. The summed E-state index contributed by atoms with van der Waals surface area (Å²) >= 11 is 7.51. The van der Waals surface area contributed by atoms with E-state index >= 15 is 0 Å². The summed E-state index contributed by atoms with van der Waals surface area (Å²) in [5.74, 6) is 0. The largest absolute Gasteiger partial charge is 0.331 e. The Hall–Kier alpha value is -0.300. The molecule has 0 fully saturated rings. The van der Waals surface area contributed by atoms with Crippen LogP contribution in [0.4, 0.5) is 0 Å². The molecule has 0 aliphatic carbocycles. The van der Waals surface area contributed by atoms with Crippen LogP contribution in [-0.2, 0) is 14.1 Å². The second kappa shape index (κ2) is 3.21. The third kappa shape index (κ3) is 1.31. The molecule has 4 nitrogen and oxygen atoms in total. The molecule has 1 heterocycles. The first kappa shape index (κ1) is 9.79. The average molecular weight is 300 g/mol. The van der Waals surface area contributed by atoms with Gasteiger partial charge in [-0.25, -0.2) is 4.79 Å². The molecule has 1 rings (SSSR count). The quantitative estimate of drug-likeness (QED) is 0.512. The van der Waals surface area contributed by atoms with E-state index in [9.17, 15) is 9.59 Å². The molecule has 1 aromatic heterocycles. The van der Waals surface area contributed by atoms with E-state index < -0.39 is 5.69 Å². The third-order valence-electron chi connectivity index (χ3n) is 1.54. The molecule has 0 atom stereocenters. The lowest BCUT2D eigenvalue weighted by Gasteiger charge is -2.04. The van der Waals surface area contributed by atoms with Gasteiger partial charge in [0.15, 0.2) is 0 Å². The molecule has 0 unspecified atom stereocenters. The van der Waals surface area contributed by atoms with Crippen LogP contribution in [0.15, 0.2) is 9.59 Å². The Morgan fingerprint density at radius 2 is 1.75 bits per heavy atom. The van der Waals surface area contributed by atoms with Gasteiger partial charge in [-0.2, -0.15) is 0 Å². The van der Waals surface area contributed by atoms with Crippen LogP contribution in [-0.4, -0.2) is 9.13 Å². The maximum Gasteiger partial charge on any atom is 0.331 e. The standard InChI is InChI=1S/C6H6ClIN2O2/c1-9-4(7)3(8)5(11)10(2)6(9)12/h1-2H3. The molecular weight excluding hydrogens is 294 g/mol. The molecular formula is C6H6ClIN2O2. The minimum absolute atomic E-state index is 0.184. The van der Waals surface area contributed by atoms with Crippen molar-refractivity contribution in [1.82, 2.24) is 9.13 Å². The van der Waals surface area contributed by atoms with Crippen LogP contribution in [0, 0.1) is 3.57 Å². The molecule has 0 aliphatic rings. The van der Waals surface area contributed by atoms with Gasteiger partial charge in [-0.1, -0.05) is 11.6 Å². The SMILES string of the molecule is Cn1c(Cl)c(I)c(=O)n(C)c1=O. The summed E-state index contributed by atoms with van der Waals surface area (Å²) < 4.78 is 2.61. The van der Waals surface area contributed by atoms with E-state index in [4.69, 9.17) is 11.6 Å². The van der Waals surface area contributed by atoms with E-state index in [1.165, 1.54) is 18.7 Å².